The van der Waals surface area contributed by atoms with Crippen molar-refractivity contribution in [1.82, 2.24) is 24.5 Å². The molecule has 4 rings (SSSR count). The molecule has 1 aliphatic heterocycles. The van der Waals surface area contributed by atoms with Crippen LogP contribution in [0.15, 0.2) is 6.07 Å². The van der Waals surface area contributed by atoms with Gasteiger partial charge in [0.15, 0.2) is 5.82 Å². The third-order valence-corrected chi connectivity index (χ3v) is 6.30. The van der Waals surface area contributed by atoms with Gasteiger partial charge in [-0.25, -0.2) is 0 Å². The van der Waals surface area contributed by atoms with Gasteiger partial charge in [-0.3, -0.25) is 0 Å². The van der Waals surface area contributed by atoms with Crippen LogP contribution in [0, 0.1) is 0 Å². The van der Waals surface area contributed by atoms with Crippen molar-refractivity contribution in [2.24, 2.45) is 0 Å². The fraction of sp³-hybridized carbons (Fsp3) is 0.762. The summed E-state index contributed by atoms with van der Waals surface area (Å²) in [5.41, 5.74) is 0. The summed E-state index contributed by atoms with van der Waals surface area (Å²) < 4.78 is 8.23. The van der Waals surface area contributed by atoms with Crippen molar-refractivity contribution in [3.8, 4) is 5.88 Å². The number of nitrogens with zero attached hydrogens (tertiary/aromatic N) is 6. The number of anilines is 1. The molecule has 1 saturated heterocycles. The molecule has 0 bridgehead atoms. The van der Waals surface area contributed by atoms with Gasteiger partial charge in [0, 0.05) is 38.2 Å². The van der Waals surface area contributed by atoms with E-state index in [4.69, 9.17) is 19.8 Å². The maximum atomic E-state index is 6.30. The van der Waals surface area contributed by atoms with Crippen molar-refractivity contribution in [3.05, 3.63) is 11.9 Å². The first-order valence-corrected chi connectivity index (χ1v) is 11.1. The topological polar surface area (TPSA) is 58.8 Å². The van der Waals surface area contributed by atoms with E-state index in [0.717, 1.165) is 50.7 Å². The van der Waals surface area contributed by atoms with E-state index in [1.807, 2.05) is 4.52 Å². The number of hydrogen-bond donors (Lipinski definition) is 0. The Bertz CT molecular complexity index is 773. The lowest BCUT2D eigenvalue weighted by molar-refractivity contribution is 0.110. The van der Waals surface area contributed by atoms with E-state index in [9.17, 15) is 0 Å². The van der Waals surface area contributed by atoms with E-state index >= 15 is 0 Å². The quantitative estimate of drug-likeness (QED) is 0.757. The van der Waals surface area contributed by atoms with E-state index < -0.39 is 0 Å². The Kier molecular flexibility index (Phi) is 5.99. The van der Waals surface area contributed by atoms with Crippen LogP contribution in [0.1, 0.15) is 70.5 Å². The SMILES string of the molecule is CCN(CC)c1cc(OC2CCN(C)CC2)nc2nc(C3CCCCC3)nn12. The van der Waals surface area contributed by atoms with Gasteiger partial charge in [-0.2, -0.15) is 14.5 Å². The molecule has 2 aliphatic rings. The summed E-state index contributed by atoms with van der Waals surface area (Å²) >= 11 is 0. The van der Waals surface area contributed by atoms with Crippen LogP contribution in [0.3, 0.4) is 0 Å². The number of rotatable bonds is 6. The fourth-order valence-corrected chi connectivity index (χ4v) is 4.49. The summed E-state index contributed by atoms with van der Waals surface area (Å²) in [5, 5.41) is 4.89. The molecule has 0 aromatic carbocycles. The van der Waals surface area contributed by atoms with Crippen LogP contribution in [0.2, 0.25) is 0 Å². The van der Waals surface area contributed by atoms with Gasteiger partial charge < -0.3 is 14.5 Å². The lowest BCUT2D eigenvalue weighted by atomic mass is 9.89. The van der Waals surface area contributed by atoms with Crippen molar-refractivity contribution in [3.63, 3.8) is 0 Å². The minimum atomic E-state index is 0.233. The second-order valence-corrected chi connectivity index (χ2v) is 8.26. The largest absolute Gasteiger partial charge is 0.474 e. The molecule has 0 amide bonds. The van der Waals surface area contributed by atoms with Crippen LogP contribution in [-0.2, 0) is 0 Å². The highest BCUT2D eigenvalue weighted by Gasteiger charge is 2.24. The van der Waals surface area contributed by atoms with Crippen molar-refractivity contribution < 1.29 is 4.74 Å². The number of hydrogen-bond acceptors (Lipinski definition) is 6. The minimum Gasteiger partial charge on any atom is -0.474 e. The average Bonchev–Trinajstić information content (AvgIpc) is 3.15. The highest BCUT2D eigenvalue weighted by molar-refractivity contribution is 5.49. The molecule has 154 valence electrons. The van der Waals surface area contributed by atoms with Crippen molar-refractivity contribution >= 4 is 11.6 Å². The maximum absolute atomic E-state index is 6.30. The Morgan fingerprint density at radius 3 is 2.43 bits per heavy atom. The molecule has 0 unspecified atom stereocenters. The molecule has 0 radical (unpaired) electrons. The molecule has 0 spiro atoms. The maximum Gasteiger partial charge on any atom is 0.257 e. The molecule has 2 aromatic rings. The van der Waals surface area contributed by atoms with Crippen LogP contribution in [-0.4, -0.2) is 63.8 Å². The monoisotopic (exact) mass is 386 g/mol. The van der Waals surface area contributed by atoms with Crippen LogP contribution in [0.4, 0.5) is 5.82 Å². The highest BCUT2D eigenvalue weighted by atomic mass is 16.5. The lowest BCUT2D eigenvalue weighted by Crippen LogP contribution is -2.35. The lowest BCUT2D eigenvalue weighted by Gasteiger charge is -2.29. The summed E-state index contributed by atoms with van der Waals surface area (Å²) in [4.78, 5) is 14.2. The molecule has 0 atom stereocenters. The molecule has 1 aliphatic carbocycles. The summed E-state index contributed by atoms with van der Waals surface area (Å²) in [6.45, 7) is 8.33. The molecule has 7 nitrogen and oxygen atoms in total. The molecular weight excluding hydrogens is 352 g/mol. The Labute approximate surface area is 168 Å². The first-order valence-electron chi connectivity index (χ1n) is 11.1. The van der Waals surface area contributed by atoms with E-state index in [2.05, 4.69) is 36.8 Å². The van der Waals surface area contributed by atoms with Gasteiger partial charge in [-0.15, -0.1) is 5.10 Å². The Morgan fingerprint density at radius 1 is 1.04 bits per heavy atom. The molecule has 7 heteroatoms. The zero-order valence-corrected chi connectivity index (χ0v) is 17.6. The zero-order valence-electron chi connectivity index (χ0n) is 17.6. The second-order valence-electron chi connectivity index (χ2n) is 8.26. The number of ether oxygens (including phenoxy) is 1. The number of piperidine rings is 1. The molecule has 2 fully saturated rings. The molecule has 1 saturated carbocycles. The summed E-state index contributed by atoms with van der Waals surface area (Å²) in [6.07, 6.45) is 8.60. The minimum absolute atomic E-state index is 0.233. The molecule has 2 aromatic heterocycles. The van der Waals surface area contributed by atoms with Crippen molar-refractivity contribution in [1.29, 1.82) is 0 Å². The van der Waals surface area contributed by atoms with E-state index in [-0.39, 0.29) is 6.10 Å². The standard InChI is InChI=1S/C21H34N6O/c1-4-26(5-2)19-15-18(28-17-11-13-25(3)14-12-17)22-21-23-20(24-27(19)21)16-9-7-6-8-10-16/h15-17H,4-14H2,1-3H3. The van der Waals surface area contributed by atoms with Crippen LogP contribution in [0.25, 0.3) is 5.78 Å². The Morgan fingerprint density at radius 2 is 1.75 bits per heavy atom. The normalized spacial score (nSPS) is 20.0. The van der Waals surface area contributed by atoms with E-state index in [1.54, 1.807) is 0 Å². The van der Waals surface area contributed by atoms with Crippen molar-refractivity contribution in [2.45, 2.75) is 70.8 Å². The van der Waals surface area contributed by atoms with Gasteiger partial charge in [0.1, 0.15) is 11.9 Å². The Balaban J connectivity index is 1.66. The summed E-state index contributed by atoms with van der Waals surface area (Å²) in [5.74, 6) is 3.82. The van der Waals surface area contributed by atoms with E-state index in [1.165, 1.54) is 32.1 Å². The van der Waals surface area contributed by atoms with Crippen LogP contribution < -0.4 is 9.64 Å². The van der Waals surface area contributed by atoms with E-state index in [0.29, 0.717) is 17.6 Å². The van der Waals surface area contributed by atoms with Gasteiger partial charge in [0.2, 0.25) is 5.88 Å². The Hall–Kier alpha value is -1.89. The smallest absolute Gasteiger partial charge is 0.257 e. The van der Waals surface area contributed by atoms with Gasteiger partial charge in [-0.05, 0) is 46.6 Å². The summed E-state index contributed by atoms with van der Waals surface area (Å²) in [7, 11) is 2.17. The van der Waals surface area contributed by atoms with Gasteiger partial charge in [-0.1, -0.05) is 19.3 Å². The number of fused-ring (bicyclic) bond motifs is 1. The predicted octanol–water partition coefficient (Wildman–Crippen LogP) is 3.49. The fourth-order valence-electron chi connectivity index (χ4n) is 4.49. The van der Waals surface area contributed by atoms with Gasteiger partial charge in [0.25, 0.3) is 5.78 Å². The first-order chi connectivity index (χ1) is 13.7. The van der Waals surface area contributed by atoms with Gasteiger partial charge >= 0.3 is 0 Å². The molecule has 28 heavy (non-hydrogen) atoms. The third kappa shape index (κ3) is 4.09. The first kappa shape index (κ1) is 19.4. The second kappa shape index (κ2) is 8.64. The highest BCUT2D eigenvalue weighted by Crippen LogP contribution is 2.32. The molecule has 3 heterocycles. The molecular formula is C21H34N6O. The van der Waals surface area contributed by atoms with Crippen LogP contribution in [0.5, 0.6) is 5.88 Å². The summed E-state index contributed by atoms with van der Waals surface area (Å²) in [6, 6.07) is 2.05. The average molecular weight is 387 g/mol. The number of likely N-dealkylation sites (tertiary alicyclic amines) is 1. The molecule has 0 N–H and O–H groups in total. The van der Waals surface area contributed by atoms with Gasteiger partial charge in [0.05, 0.1) is 0 Å². The van der Waals surface area contributed by atoms with Crippen LogP contribution >= 0.6 is 0 Å². The third-order valence-electron chi connectivity index (χ3n) is 6.30. The van der Waals surface area contributed by atoms with Crippen molar-refractivity contribution in [2.75, 3.05) is 38.1 Å². The predicted molar refractivity (Wildman–Crippen MR) is 111 cm³/mol. The number of aromatic nitrogens is 4. The zero-order chi connectivity index (χ0) is 19.5.